The minimum atomic E-state index is -1.76. The lowest BCUT2D eigenvalue weighted by Crippen LogP contribution is -2.80. The number of aliphatic hydroxyl groups is 2. The summed E-state index contributed by atoms with van der Waals surface area (Å²) in [5.41, 5.74) is -3.93. The SMILES string of the molecule is COC[C@@]12CC[C@@H](OC)[C@@]34C5C[C@@]6(O)C(OC)C(O)[C@@](OC(C)=O)(C5C6OC(=O)c5ccccc5)[C@@H](C(OC)C13)[C@H]4N(C)C2. The summed E-state index contributed by atoms with van der Waals surface area (Å²) in [6.07, 6.45) is -2.66. The van der Waals surface area contributed by atoms with Crippen LogP contribution in [0, 0.1) is 34.5 Å². The summed E-state index contributed by atoms with van der Waals surface area (Å²) in [7, 11) is 8.63. The first-order chi connectivity index (χ1) is 21.0. The fourth-order valence-electron chi connectivity index (χ4n) is 12.3. The molecule has 5 saturated carbocycles. The monoisotopic (exact) mass is 615 g/mol. The summed E-state index contributed by atoms with van der Waals surface area (Å²) in [4.78, 5) is 29.2. The molecule has 0 aromatic heterocycles. The highest BCUT2D eigenvalue weighted by Gasteiger charge is 2.91. The highest BCUT2D eigenvalue weighted by atomic mass is 16.6. The fourth-order valence-corrected chi connectivity index (χ4v) is 12.3. The number of fused-ring (bicyclic) bond motifs is 2. The molecule has 1 saturated heterocycles. The van der Waals surface area contributed by atoms with Gasteiger partial charge in [-0.15, -0.1) is 0 Å². The quantitative estimate of drug-likeness (QED) is 0.410. The predicted octanol–water partition coefficient (Wildman–Crippen LogP) is 1.29. The molecule has 6 aliphatic rings. The zero-order valence-electron chi connectivity index (χ0n) is 26.3. The molecule has 2 N–H and O–H groups in total. The van der Waals surface area contributed by atoms with E-state index < -0.39 is 64.8 Å². The lowest BCUT2D eigenvalue weighted by atomic mass is 9.43. The van der Waals surface area contributed by atoms with E-state index in [1.807, 2.05) is 6.07 Å². The molecule has 7 bridgehead atoms. The van der Waals surface area contributed by atoms with Crippen LogP contribution < -0.4 is 0 Å². The van der Waals surface area contributed by atoms with Gasteiger partial charge in [0.1, 0.15) is 23.9 Å². The first-order valence-electron chi connectivity index (χ1n) is 15.7. The summed E-state index contributed by atoms with van der Waals surface area (Å²) in [6, 6.07) is 8.39. The molecule has 11 heteroatoms. The van der Waals surface area contributed by atoms with E-state index in [0.29, 0.717) is 12.2 Å². The van der Waals surface area contributed by atoms with Crippen molar-refractivity contribution in [3.63, 3.8) is 0 Å². The van der Waals surface area contributed by atoms with Crippen molar-refractivity contribution in [1.29, 1.82) is 0 Å². The summed E-state index contributed by atoms with van der Waals surface area (Å²) in [5, 5.41) is 25.1. The van der Waals surface area contributed by atoms with Crippen LogP contribution in [0.25, 0.3) is 0 Å². The maximum absolute atomic E-state index is 13.7. The molecule has 1 heterocycles. The number of nitrogens with zero attached hydrogens (tertiary/aromatic N) is 1. The van der Waals surface area contributed by atoms with Crippen LogP contribution in [0.5, 0.6) is 0 Å². The van der Waals surface area contributed by atoms with E-state index in [1.165, 1.54) is 14.0 Å². The van der Waals surface area contributed by atoms with Crippen LogP contribution in [-0.4, -0.2) is 123 Å². The van der Waals surface area contributed by atoms with Crippen LogP contribution in [0.4, 0.5) is 0 Å². The Labute approximate surface area is 258 Å². The van der Waals surface area contributed by atoms with E-state index in [1.54, 1.807) is 45.6 Å². The maximum Gasteiger partial charge on any atom is 0.338 e. The van der Waals surface area contributed by atoms with Crippen LogP contribution in [0.3, 0.4) is 0 Å². The Hall–Kier alpha value is -2.12. The Morgan fingerprint density at radius 2 is 1.75 bits per heavy atom. The number of benzene rings is 1. The van der Waals surface area contributed by atoms with Gasteiger partial charge in [-0.25, -0.2) is 4.79 Å². The van der Waals surface area contributed by atoms with Crippen molar-refractivity contribution >= 4 is 11.9 Å². The van der Waals surface area contributed by atoms with Gasteiger partial charge in [0.25, 0.3) is 0 Å². The van der Waals surface area contributed by atoms with E-state index >= 15 is 0 Å². The number of aliphatic hydroxyl groups excluding tert-OH is 1. The van der Waals surface area contributed by atoms with E-state index in [4.69, 9.17) is 28.4 Å². The smallest absolute Gasteiger partial charge is 0.338 e. The predicted molar refractivity (Wildman–Crippen MR) is 154 cm³/mol. The third-order valence-electron chi connectivity index (χ3n) is 12.8. The average molecular weight is 616 g/mol. The summed E-state index contributed by atoms with van der Waals surface area (Å²) < 4.78 is 37.5. The maximum atomic E-state index is 13.7. The molecule has 242 valence electrons. The Morgan fingerprint density at radius 1 is 1.02 bits per heavy atom. The number of hydrogen-bond donors (Lipinski definition) is 2. The minimum Gasteiger partial charge on any atom is -0.455 e. The Morgan fingerprint density at radius 3 is 2.36 bits per heavy atom. The van der Waals surface area contributed by atoms with Crippen LogP contribution in [-0.2, 0) is 33.2 Å². The highest BCUT2D eigenvalue weighted by Crippen LogP contribution is 2.80. The molecule has 7 rings (SSSR count). The van der Waals surface area contributed by atoms with Crippen molar-refractivity contribution < 1.29 is 48.2 Å². The van der Waals surface area contributed by atoms with Crippen molar-refractivity contribution in [2.24, 2.45) is 34.5 Å². The van der Waals surface area contributed by atoms with Crippen molar-refractivity contribution in [1.82, 2.24) is 4.90 Å². The van der Waals surface area contributed by atoms with Crippen LogP contribution in [0.1, 0.15) is 36.5 Å². The number of carbonyl (C=O) groups excluding carboxylic acids is 2. The standard InChI is InChI=1S/C33H45NO10/c1-17(35)44-33-21-19(14-31(38,28(42-6)26(33)36)27(21)43-29(37)18-10-8-7-9-11-18)32-20(40-4)12-13-30(16-39-3)15-34(2)25(32)22(33)23(41-5)24(30)32/h7-11,19-28,36,38H,12-16H2,1-6H3/t19?,20-,21?,22+,23?,24?,25-,26?,27?,28?,30+,31+,32+,33-/m1/s1. The molecule has 1 aliphatic heterocycles. The van der Waals surface area contributed by atoms with Crippen molar-refractivity contribution in [2.45, 2.75) is 73.9 Å². The molecule has 6 fully saturated rings. The second kappa shape index (κ2) is 10.2. The Balaban J connectivity index is 1.51. The van der Waals surface area contributed by atoms with Gasteiger partial charge >= 0.3 is 11.9 Å². The third kappa shape index (κ3) is 3.41. The number of carbonyl (C=O) groups is 2. The van der Waals surface area contributed by atoms with Gasteiger partial charge in [0, 0.05) is 76.5 Å². The zero-order chi connectivity index (χ0) is 31.4. The number of piperidine rings is 1. The molecule has 1 spiro atoms. The molecule has 0 radical (unpaired) electrons. The van der Waals surface area contributed by atoms with E-state index in [9.17, 15) is 19.8 Å². The first-order valence-corrected chi connectivity index (χ1v) is 15.7. The van der Waals surface area contributed by atoms with Gasteiger partial charge in [-0.3, -0.25) is 4.79 Å². The van der Waals surface area contributed by atoms with Crippen LogP contribution in [0.15, 0.2) is 30.3 Å². The van der Waals surface area contributed by atoms with Crippen molar-refractivity contribution in [3.05, 3.63) is 35.9 Å². The number of ether oxygens (including phenoxy) is 6. The van der Waals surface area contributed by atoms with Gasteiger partial charge < -0.3 is 43.5 Å². The van der Waals surface area contributed by atoms with Gasteiger partial charge in [-0.05, 0) is 44.4 Å². The summed E-state index contributed by atoms with van der Waals surface area (Å²) in [6.45, 7) is 2.56. The summed E-state index contributed by atoms with van der Waals surface area (Å²) in [5.74, 6) is -2.96. The second-order valence-electron chi connectivity index (χ2n) is 14.2. The second-order valence-corrected chi connectivity index (χ2v) is 14.2. The number of hydrogen-bond acceptors (Lipinski definition) is 11. The van der Waals surface area contributed by atoms with Crippen molar-refractivity contribution in [3.8, 4) is 0 Å². The van der Waals surface area contributed by atoms with Gasteiger partial charge in [0.05, 0.1) is 24.4 Å². The van der Waals surface area contributed by atoms with Gasteiger partial charge in [-0.1, -0.05) is 18.2 Å². The van der Waals surface area contributed by atoms with Crippen LogP contribution in [0.2, 0.25) is 0 Å². The number of rotatable bonds is 8. The lowest BCUT2D eigenvalue weighted by Gasteiger charge is -2.69. The molecule has 5 aliphatic carbocycles. The molecule has 14 atom stereocenters. The van der Waals surface area contributed by atoms with E-state index in [-0.39, 0.29) is 35.8 Å². The summed E-state index contributed by atoms with van der Waals surface area (Å²) >= 11 is 0. The fraction of sp³-hybridized carbons (Fsp3) is 0.758. The zero-order valence-corrected chi connectivity index (χ0v) is 26.3. The number of esters is 2. The Bertz CT molecular complexity index is 1310. The topological polar surface area (TPSA) is 133 Å². The van der Waals surface area contributed by atoms with Crippen LogP contribution >= 0.6 is 0 Å². The Kier molecular flexibility index (Phi) is 7.07. The third-order valence-corrected chi connectivity index (χ3v) is 12.8. The average Bonchev–Trinajstić information content (AvgIpc) is 3.39. The van der Waals surface area contributed by atoms with Gasteiger partial charge in [-0.2, -0.15) is 0 Å². The van der Waals surface area contributed by atoms with Crippen molar-refractivity contribution in [2.75, 3.05) is 48.6 Å². The number of likely N-dealkylation sites (tertiary alicyclic amines) is 1. The molecule has 7 unspecified atom stereocenters. The molecule has 0 amide bonds. The van der Waals surface area contributed by atoms with E-state index in [2.05, 4.69) is 11.9 Å². The largest absolute Gasteiger partial charge is 0.455 e. The molecule has 44 heavy (non-hydrogen) atoms. The van der Waals surface area contributed by atoms with Gasteiger partial charge in [0.15, 0.2) is 5.60 Å². The molecule has 1 aromatic carbocycles. The highest BCUT2D eigenvalue weighted by molar-refractivity contribution is 5.89. The van der Waals surface area contributed by atoms with E-state index in [0.717, 1.165) is 19.4 Å². The molecule has 11 nitrogen and oxygen atoms in total. The minimum absolute atomic E-state index is 0.103. The van der Waals surface area contributed by atoms with Gasteiger partial charge in [0.2, 0.25) is 0 Å². The molecule has 1 aromatic rings. The molecular formula is C33H45NO10. The number of methoxy groups -OCH3 is 4. The first kappa shape index (κ1) is 30.5. The lowest BCUT2D eigenvalue weighted by molar-refractivity contribution is -0.316. The molecular weight excluding hydrogens is 570 g/mol. The normalized spacial score (nSPS) is 49.9.